The van der Waals surface area contributed by atoms with Gasteiger partial charge in [0.05, 0.1) is 16.8 Å². The normalized spacial score (nSPS) is 14.0. The van der Waals surface area contributed by atoms with Crippen LogP contribution < -0.4 is 9.47 Å². The van der Waals surface area contributed by atoms with Gasteiger partial charge in [-0.3, -0.25) is 0 Å². The van der Waals surface area contributed by atoms with Gasteiger partial charge in [0, 0.05) is 10.8 Å². The van der Waals surface area contributed by atoms with E-state index in [0.717, 1.165) is 23.4 Å². The van der Waals surface area contributed by atoms with E-state index in [1.807, 2.05) is 37.3 Å². The van der Waals surface area contributed by atoms with Crippen molar-refractivity contribution < 1.29 is 22.6 Å². The number of fused-ring (bicyclic) bond motifs is 1. The lowest BCUT2D eigenvalue weighted by Gasteiger charge is -2.20. The first-order valence-electron chi connectivity index (χ1n) is 9.51. The Labute approximate surface area is 181 Å². The molecule has 3 aromatic rings. The average molecular weight is 442 g/mol. The van der Waals surface area contributed by atoms with Gasteiger partial charge in [0.25, 0.3) is 0 Å². The van der Waals surface area contributed by atoms with Crippen molar-refractivity contribution in [2.75, 3.05) is 13.2 Å². The van der Waals surface area contributed by atoms with E-state index in [0.29, 0.717) is 30.3 Å². The maximum Gasteiger partial charge on any atom is 0.417 e. The highest BCUT2D eigenvalue weighted by atomic mass is 32.2. The standard InChI is InChI=1S/C23H17F3N2O2S/c1-14(15-5-3-2-4-6-15)31-22-17(13-27)18(23(24,25)26)12-19(28-22)16-7-8-20-21(11-16)30-10-9-29-20/h2-8,11-12,14H,9-10H2,1H3/t14-/m0/s1. The second-order valence-electron chi connectivity index (χ2n) is 6.87. The minimum atomic E-state index is -4.69. The molecule has 1 aliphatic heterocycles. The molecular formula is C23H17F3N2O2S. The molecule has 8 heteroatoms. The molecule has 0 fully saturated rings. The van der Waals surface area contributed by atoms with Crippen molar-refractivity contribution in [1.82, 2.24) is 4.98 Å². The number of halogens is 3. The molecule has 2 aromatic carbocycles. The molecule has 158 valence electrons. The second kappa shape index (κ2) is 8.52. The van der Waals surface area contributed by atoms with Crippen LogP contribution in [0.4, 0.5) is 13.2 Å². The minimum Gasteiger partial charge on any atom is -0.486 e. The quantitative estimate of drug-likeness (QED) is 0.446. The second-order valence-corrected chi connectivity index (χ2v) is 8.20. The van der Waals surface area contributed by atoms with Crippen LogP contribution >= 0.6 is 11.8 Å². The Kier molecular flexibility index (Phi) is 5.79. The van der Waals surface area contributed by atoms with Crippen LogP contribution in [0.2, 0.25) is 0 Å². The molecule has 4 rings (SSSR count). The number of pyridine rings is 1. The molecule has 2 heterocycles. The molecular weight excluding hydrogens is 425 g/mol. The highest BCUT2D eigenvalue weighted by molar-refractivity contribution is 7.99. The summed E-state index contributed by atoms with van der Waals surface area (Å²) in [7, 11) is 0. The van der Waals surface area contributed by atoms with Gasteiger partial charge in [-0.25, -0.2) is 4.98 Å². The minimum absolute atomic E-state index is 0.0403. The smallest absolute Gasteiger partial charge is 0.417 e. The first kappa shape index (κ1) is 21.1. The van der Waals surface area contributed by atoms with Crippen molar-refractivity contribution in [3.8, 4) is 28.8 Å². The third kappa shape index (κ3) is 4.47. The maximum atomic E-state index is 13.8. The Bertz CT molecular complexity index is 1140. The first-order valence-corrected chi connectivity index (χ1v) is 10.4. The van der Waals surface area contributed by atoms with Crippen LogP contribution in [-0.4, -0.2) is 18.2 Å². The van der Waals surface area contributed by atoms with Gasteiger partial charge in [-0.15, -0.1) is 0 Å². The Morgan fingerprint density at radius 1 is 1.03 bits per heavy atom. The van der Waals surface area contributed by atoms with E-state index in [4.69, 9.17) is 9.47 Å². The van der Waals surface area contributed by atoms with Crippen LogP contribution in [0.3, 0.4) is 0 Å². The van der Waals surface area contributed by atoms with Crippen LogP contribution in [0.1, 0.15) is 28.9 Å². The van der Waals surface area contributed by atoms with Crippen LogP contribution in [0.15, 0.2) is 59.6 Å². The Morgan fingerprint density at radius 3 is 2.42 bits per heavy atom. The van der Waals surface area contributed by atoms with Gasteiger partial charge in [0.15, 0.2) is 11.5 Å². The van der Waals surface area contributed by atoms with Crippen molar-refractivity contribution in [2.24, 2.45) is 0 Å². The molecule has 1 atom stereocenters. The zero-order valence-corrected chi connectivity index (χ0v) is 17.3. The molecule has 0 spiro atoms. The molecule has 0 saturated heterocycles. The number of alkyl halides is 3. The Hall–Kier alpha value is -3.18. The van der Waals surface area contributed by atoms with Crippen molar-refractivity contribution >= 4 is 11.8 Å². The van der Waals surface area contributed by atoms with E-state index >= 15 is 0 Å². The van der Waals surface area contributed by atoms with E-state index < -0.39 is 17.3 Å². The Morgan fingerprint density at radius 2 is 1.74 bits per heavy atom. The van der Waals surface area contributed by atoms with Crippen molar-refractivity contribution in [3.05, 3.63) is 71.3 Å². The number of rotatable bonds is 4. The lowest BCUT2D eigenvalue weighted by molar-refractivity contribution is -0.138. The third-order valence-corrected chi connectivity index (χ3v) is 5.94. The van der Waals surface area contributed by atoms with E-state index in [-0.39, 0.29) is 16.0 Å². The van der Waals surface area contributed by atoms with E-state index in [1.54, 1.807) is 24.3 Å². The summed E-state index contributed by atoms with van der Waals surface area (Å²) in [4.78, 5) is 4.45. The molecule has 4 nitrogen and oxygen atoms in total. The first-order chi connectivity index (χ1) is 14.9. The number of ether oxygens (including phenoxy) is 2. The van der Waals surface area contributed by atoms with Crippen LogP contribution in [0.5, 0.6) is 11.5 Å². The third-order valence-electron chi connectivity index (χ3n) is 4.80. The van der Waals surface area contributed by atoms with Gasteiger partial charge in [-0.05, 0) is 36.8 Å². The number of hydrogen-bond acceptors (Lipinski definition) is 5. The van der Waals surface area contributed by atoms with Crippen LogP contribution in [0, 0.1) is 11.3 Å². The molecule has 0 bridgehead atoms. The zero-order valence-electron chi connectivity index (χ0n) is 16.4. The highest BCUT2D eigenvalue weighted by Gasteiger charge is 2.36. The summed E-state index contributed by atoms with van der Waals surface area (Å²) < 4.78 is 52.5. The molecule has 0 aliphatic carbocycles. The fraction of sp³-hybridized carbons (Fsp3) is 0.217. The van der Waals surface area contributed by atoms with Gasteiger partial charge < -0.3 is 9.47 Å². The predicted octanol–water partition coefficient (Wildman–Crippen LogP) is 6.26. The molecule has 0 radical (unpaired) electrons. The van der Waals surface area contributed by atoms with Crippen LogP contribution in [-0.2, 0) is 6.18 Å². The van der Waals surface area contributed by atoms with Gasteiger partial charge in [0.2, 0.25) is 0 Å². The summed E-state index contributed by atoms with van der Waals surface area (Å²) in [6.45, 7) is 2.64. The lowest BCUT2D eigenvalue weighted by Crippen LogP contribution is -2.15. The maximum absolute atomic E-state index is 13.8. The van der Waals surface area contributed by atoms with Gasteiger partial charge in [0.1, 0.15) is 24.3 Å². The molecule has 31 heavy (non-hydrogen) atoms. The summed E-state index contributed by atoms with van der Waals surface area (Å²) >= 11 is 1.13. The van der Waals surface area contributed by atoms with Crippen LogP contribution in [0.25, 0.3) is 11.3 Å². The monoisotopic (exact) mass is 442 g/mol. The summed E-state index contributed by atoms with van der Waals surface area (Å²) in [5.74, 6) is 0.988. The molecule has 0 N–H and O–H groups in total. The van der Waals surface area contributed by atoms with Gasteiger partial charge in [-0.2, -0.15) is 18.4 Å². The topological polar surface area (TPSA) is 55.1 Å². The van der Waals surface area contributed by atoms with E-state index in [2.05, 4.69) is 4.98 Å². The van der Waals surface area contributed by atoms with E-state index in [1.165, 1.54) is 0 Å². The van der Waals surface area contributed by atoms with Crippen molar-refractivity contribution in [2.45, 2.75) is 23.4 Å². The summed E-state index contributed by atoms with van der Waals surface area (Å²) in [5.41, 5.74) is 0.0234. The fourth-order valence-corrected chi connectivity index (χ4v) is 4.30. The summed E-state index contributed by atoms with van der Waals surface area (Å²) in [6.07, 6.45) is -4.69. The number of thioether (sulfide) groups is 1. The number of nitrogens with zero attached hydrogens (tertiary/aromatic N) is 2. The molecule has 0 saturated carbocycles. The van der Waals surface area contributed by atoms with E-state index in [9.17, 15) is 18.4 Å². The molecule has 0 unspecified atom stereocenters. The summed E-state index contributed by atoms with van der Waals surface area (Å²) in [6, 6.07) is 16.9. The van der Waals surface area contributed by atoms with Crippen molar-refractivity contribution in [1.29, 1.82) is 5.26 Å². The summed E-state index contributed by atoms with van der Waals surface area (Å²) in [5, 5.41) is 9.37. The average Bonchev–Trinajstić information content (AvgIpc) is 2.78. The fourth-order valence-electron chi connectivity index (χ4n) is 3.25. The molecule has 1 aromatic heterocycles. The Balaban J connectivity index is 1.81. The zero-order chi connectivity index (χ0) is 22.0. The SMILES string of the molecule is C[C@H](Sc1nc(-c2ccc3c(c2)OCCO3)cc(C(F)(F)F)c1C#N)c1ccccc1. The number of aromatic nitrogens is 1. The predicted molar refractivity (Wildman–Crippen MR) is 111 cm³/mol. The molecule has 0 amide bonds. The number of nitriles is 1. The molecule has 1 aliphatic rings. The van der Waals surface area contributed by atoms with Gasteiger partial charge >= 0.3 is 6.18 Å². The van der Waals surface area contributed by atoms with Crippen molar-refractivity contribution in [3.63, 3.8) is 0 Å². The lowest BCUT2D eigenvalue weighted by atomic mass is 10.0. The number of benzene rings is 2. The largest absolute Gasteiger partial charge is 0.486 e. The number of hydrogen-bond donors (Lipinski definition) is 0. The van der Waals surface area contributed by atoms with Gasteiger partial charge in [-0.1, -0.05) is 42.1 Å². The highest BCUT2D eigenvalue weighted by Crippen LogP contribution is 2.43.